The van der Waals surface area contributed by atoms with Crippen LogP contribution in [-0.2, 0) is 28.5 Å². The lowest BCUT2D eigenvalue weighted by Gasteiger charge is -2.32. The molecule has 15 heteroatoms. The zero-order valence-electron chi connectivity index (χ0n) is 37.5. The Morgan fingerprint density at radius 2 is 1.07 bits per heavy atom. The molecule has 2 aromatic heterocycles. The Morgan fingerprint density at radius 1 is 0.684 bits per heavy atom. The van der Waals surface area contributed by atoms with Gasteiger partial charge < -0.3 is 34.9 Å². The van der Waals surface area contributed by atoms with E-state index in [-0.39, 0.29) is 24.1 Å². The van der Waals surface area contributed by atoms with Gasteiger partial charge in [0.25, 0.3) is 11.1 Å². The SMILES string of the molecule is CC(OC(C)(C)C)[C@H](N)C(=O)OC(C)(C)C.CCN(CC)CC.C[C@@H](OC(C)(C)C)[C@H](NC(=O)c1cccnc1)C(=O)OC(C)(C)C.Cl.O=C(Cl)c1cccnc1. The predicted molar refractivity (Wildman–Crippen MR) is 231 cm³/mol. The molecule has 0 spiro atoms. The maximum absolute atomic E-state index is 12.5. The van der Waals surface area contributed by atoms with Crippen molar-refractivity contribution in [1.29, 1.82) is 0 Å². The standard InChI is InChI=1S/C18H28N2O4.C12H25NO3.C6H4ClNO.C6H15N.ClH/c1-12(23-17(2,3)4)14(16(22)24-18(5,6)7)20-15(21)13-9-8-10-19-11-13;1-8(15-11(2,3)4)9(13)10(14)16-12(5,6)7;7-6(9)5-2-1-3-8-4-5;1-4-7(5-2)6-3;/h8-12,14H,1-7H3,(H,20,21);8-9H,13H2,1-7H3;1-4H;4-6H2,1-3H3;1H/t12-,14+;8?,9-;;;/m10.../s1. The Hall–Kier alpha value is -3.20. The average Bonchev–Trinajstić information content (AvgIpc) is 3.06. The molecule has 0 saturated carbocycles. The molecule has 1 amide bonds. The van der Waals surface area contributed by atoms with Crippen LogP contribution in [0.4, 0.5) is 0 Å². The van der Waals surface area contributed by atoms with E-state index in [9.17, 15) is 19.2 Å². The highest BCUT2D eigenvalue weighted by molar-refractivity contribution is 6.67. The topological polar surface area (TPSA) is 172 Å². The van der Waals surface area contributed by atoms with Gasteiger partial charge in [-0.1, -0.05) is 20.8 Å². The maximum atomic E-state index is 12.5. The van der Waals surface area contributed by atoms with Crippen LogP contribution < -0.4 is 11.1 Å². The molecule has 328 valence electrons. The molecule has 57 heavy (non-hydrogen) atoms. The average molecular weight is 847 g/mol. The molecule has 4 atom stereocenters. The van der Waals surface area contributed by atoms with Gasteiger partial charge >= 0.3 is 11.9 Å². The number of amides is 1. The van der Waals surface area contributed by atoms with Gasteiger partial charge in [0.2, 0.25) is 0 Å². The van der Waals surface area contributed by atoms with Gasteiger partial charge in [-0.05, 0) is 152 Å². The minimum atomic E-state index is -0.920. The Kier molecular flexibility index (Phi) is 28.0. The summed E-state index contributed by atoms with van der Waals surface area (Å²) in [5, 5.41) is 2.23. The summed E-state index contributed by atoms with van der Waals surface area (Å²) in [7, 11) is 0. The molecule has 13 nitrogen and oxygen atoms in total. The number of halogens is 2. The van der Waals surface area contributed by atoms with E-state index < -0.39 is 58.1 Å². The Labute approximate surface area is 354 Å². The van der Waals surface area contributed by atoms with Crippen LogP contribution in [0.25, 0.3) is 0 Å². The van der Waals surface area contributed by atoms with Gasteiger partial charge in [-0.3, -0.25) is 24.4 Å². The monoisotopic (exact) mass is 845 g/mol. The van der Waals surface area contributed by atoms with Gasteiger partial charge in [-0.25, -0.2) is 4.79 Å². The molecule has 2 rings (SSSR count). The Balaban J connectivity index is -0.000000756. The smallest absolute Gasteiger partial charge is 0.331 e. The van der Waals surface area contributed by atoms with Gasteiger partial charge in [0.15, 0.2) is 6.04 Å². The highest BCUT2D eigenvalue weighted by Crippen LogP contribution is 2.18. The molecule has 0 saturated heterocycles. The molecular formula is C42H73Cl2N5O8. The number of nitrogens with two attached hydrogens (primary N) is 1. The number of hydrogen-bond acceptors (Lipinski definition) is 12. The van der Waals surface area contributed by atoms with Crippen molar-refractivity contribution >= 4 is 47.1 Å². The molecule has 1 unspecified atom stereocenters. The van der Waals surface area contributed by atoms with Crippen molar-refractivity contribution in [3.63, 3.8) is 0 Å². The number of nitrogens with one attached hydrogen (secondary N) is 1. The fourth-order valence-electron chi connectivity index (χ4n) is 4.42. The van der Waals surface area contributed by atoms with Crippen LogP contribution in [0.15, 0.2) is 49.1 Å². The van der Waals surface area contributed by atoms with Crippen molar-refractivity contribution in [2.45, 2.75) is 164 Å². The van der Waals surface area contributed by atoms with Crippen LogP contribution in [0.3, 0.4) is 0 Å². The van der Waals surface area contributed by atoms with Gasteiger partial charge in [0, 0.05) is 24.8 Å². The number of rotatable bonds is 12. The Bertz CT molecular complexity index is 1410. The molecule has 0 bridgehead atoms. The third-order valence-corrected chi connectivity index (χ3v) is 7.05. The van der Waals surface area contributed by atoms with Crippen molar-refractivity contribution in [2.75, 3.05) is 19.6 Å². The normalized spacial score (nSPS) is 13.5. The third kappa shape index (κ3) is 30.5. The van der Waals surface area contributed by atoms with E-state index in [2.05, 4.69) is 41.0 Å². The van der Waals surface area contributed by atoms with Crippen molar-refractivity contribution in [1.82, 2.24) is 20.2 Å². The molecule has 0 aliphatic rings. The second-order valence-corrected chi connectivity index (χ2v) is 17.1. The quantitative estimate of drug-likeness (QED) is 0.157. The summed E-state index contributed by atoms with van der Waals surface area (Å²) in [6.45, 7) is 35.8. The third-order valence-electron chi connectivity index (χ3n) is 6.83. The van der Waals surface area contributed by atoms with Crippen LogP contribution in [0.5, 0.6) is 0 Å². The summed E-state index contributed by atoms with van der Waals surface area (Å²) in [4.78, 5) is 56.9. The van der Waals surface area contributed by atoms with E-state index in [0.29, 0.717) is 11.1 Å². The molecule has 0 aromatic carbocycles. The van der Waals surface area contributed by atoms with E-state index >= 15 is 0 Å². The first-order chi connectivity index (χ1) is 25.5. The summed E-state index contributed by atoms with van der Waals surface area (Å²) < 4.78 is 22.1. The van der Waals surface area contributed by atoms with Crippen LogP contribution in [0, 0.1) is 0 Å². The Morgan fingerprint density at radius 3 is 1.37 bits per heavy atom. The highest BCUT2D eigenvalue weighted by atomic mass is 35.5. The van der Waals surface area contributed by atoms with E-state index in [1.807, 2.05) is 62.3 Å². The van der Waals surface area contributed by atoms with Crippen LogP contribution >= 0.6 is 24.0 Å². The minimum Gasteiger partial charge on any atom is -0.459 e. The van der Waals surface area contributed by atoms with E-state index in [0.717, 1.165) is 0 Å². The predicted octanol–water partition coefficient (Wildman–Crippen LogP) is 7.81. The second-order valence-electron chi connectivity index (χ2n) is 16.8. The first-order valence-electron chi connectivity index (χ1n) is 19.1. The number of ether oxygens (including phenoxy) is 4. The van der Waals surface area contributed by atoms with Crippen molar-refractivity contribution in [3.8, 4) is 0 Å². The summed E-state index contributed by atoms with van der Waals surface area (Å²) in [6, 6.07) is 4.89. The number of carbonyl (C=O) groups excluding carboxylic acids is 4. The van der Waals surface area contributed by atoms with E-state index in [1.165, 1.54) is 32.0 Å². The molecule has 2 heterocycles. The lowest BCUT2D eigenvalue weighted by atomic mass is 10.1. The molecule has 2 aromatic rings. The number of nitrogens with zero attached hydrogens (tertiary/aromatic N) is 3. The molecule has 0 aliphatic heterocycles. The maximum Gasteiger partial charge on any atom is 0.331 e. The lowest BCUT2D eigenvalue weighted by molar-refractivity contribution is -0.165. The number of carbonyl (C=O) groups is 4. The van der Waals surface area contributed by atoms with Crippen LogP contribution in [-0.4, -0.2) is 104 Å². The van der Waals surface area contributed by atoms with Gasteiger partial charge in [0.05, 0.1) is 34.5 Å². The van der Waals surface area contributed by atoms with Gasteiger partial charge in [-0.2, -0.15) is 0 Å². The largest absolute Gasteiger partial charge is 0.459 e. The summed E-state index contributed by atoms with van der Waals surface area (Å²) >= 11 is 5.12. The van der Waals surface area contributed by atoms with Crippen molar-refractivity contribution < 1.29 is 38.1 Å². The highest BCUT2D eigenvalue weighted by Gasteiger charge is 2.34. The second kappa shape index (κ2) is 27.5. The fraction of sp³-hybridized carbons (Fsp3) is 0.667. The fourth-order valence-corrected chi connectivity index (χ4v) is 4.53. The lowest BCUT2D eigenvalue weighted by Crippen LogP contribution is -2.52. The molecule has 3 N–H and O–H groups in total. The van der Waals surface area contributed by atoms with E-state index in [1.54, 1.807) is 71.3 Å². The molecule has 0 radical (unpaired) electrons. The molecular weight excluding hydrogens is 773 g/mol. The minimum absolute atomic E-state index is 0. The zero-order valence-corrected chi connectivity index (χ0v) is 39.1. The van der Waals surface area contributed by atoms with E-state index in [4.69, 9.17) is 36.3 Å². The van der Waals surface area contributed by atoms with Crippen molar-refractivity contribution in [3.05, 3.63) is 60.2 Å². The summed E-state index contributed by atoms with van der Waals surface area (Å²) in [5.41, 5.74) is 4.62. The van der Waals surface area contributed by atoms with Gasteiger partial charge in [-0.15, -0.1) is 12.4 Å². The number of pyridine rings is 2. The first kappa shape index (κ1) is 58.1. The van der Waals surface area contributed by atoms with Crippen LogP contribution in [0.2, 0.25) is 0 Å². The van der Waals surface area contributed by atoms with Crippen LogP contribution in [0.1, 0.15) is 138 Å². The molecule has 0 fully saturated rings. The summed E-state index contributed by atoms with van der Waals surface area (Å²) in [6.07, 6.45) is 5.11. The number of esters is 2. The van der Waals surface area contributed by atoms with Gasteiger partial charge in [0.1, 0.15) is 17.2 Å². The van der Waals surface area contributed by atoms with Crippen molar-refractivity contribution in [2.24, 2.45) is 5.73 Å². The molecule has 0 aliphatic carbocycles. The first-order valence-corrected chi connectivity index (χ1v) is 19.4. The zero-order chi connectivity index (χ0) is 44.1. The number of hydrogen-bond donors (Lipinski definition) is 2. The number of aromatic nitrogens is 2. The summed E-state index contributed by atoms with van der Waals surface area (Å²) in [5.74, 6) is -1.36.